The van der Waals surface area contributed by atoms with Crippen LogP contribution in [0.5, 0.6) is 0 Å². The van der Waals surface area contributed by atoms with Crippen LogP contribution in [0.1, 0.15) is 142 Å². The van der Waals surface area contributed by atoms with Gasteiger partial charge in [-0.15, -0.1) is 0 Å². The molecule has 49 heavy (non-hydrogen) atoms. The van der Waals surface area contributed by atoms with Crippen LogP contribution in [0, 0.1) is 0 Å². The van der Waals surface area contributed by atoms with Crippen LogP contribution in [0.3, 0.4) is 0 Å². The van der Waals surface area contributed by atoms with Gasteiger partial charge in [-0.25, -0.2) is 4.57 Å². The SMILES string of the molecule is CC/C=C\C/C=C\C/C=C\CCCCCCCC(=O)NCCOP(=O)(O)OCC(O)COC(=O)CCCCCCC/C=C\C/C=C\CCC. The zero-order chi connectivity index (χ0) is 36.1. The second kappa shape index (κ2) is 35.5. The third-order valence-electron chi connectivity index (χ3n) is 7.41. The monoisotopic (exact) mass is 709 g/mol. The molecule has 0 aromatic rings. The number of nitrogens with one attached hydrogen (secondary N) is 1. The first-order chi connectivity index (χ1) is 23.8. The Bertz CT molecular complexity index is 992. The summed E-state index contributed by atoms with van der Waals surface area (Å²) < 4.78 is 26.7. The van der Waals surface area contributed by atoms with Gasteiger partial charge in [0.2, 0.25) is 5.91 Å². The van der Waals surface area contributed by atoms with E-state index in [1.165, 1.54) is 6.42 Å². The van der Waals surface area contributed by atoms with Gasteiger partial charge < -0.3 is 20.1 Å². The van der Waals surface area contributed by atoms with Crippen LogP contribution < -0.4 is 5.32 Å². The van der Waals surface area contributed by atoms with Crippen molar-refractivity contribution in [3.63, 3.8) is 0 Å². The zero-order valence-electron chi connectivity index (χ0n) is 30.6. The highest BCUT2D eigenvalue weighted by Gasteiger charge is 2.23. The number of rotatable bonds is 34. The van der Waals surface area contributed by atoms with Gasteiger partial charge in [-0.3, -0.25) is 18.6 Å². The number of aliphatic hydroxyl groups is 1. The molecular formula is C39H68NO8P. The number of phosphoric ester groups is 1. The van der Waals surface area contributed by atoms with E-state index in [-0.39, 0.29) is 32.1 Å². The van der Waals surface area contributed by atoms with Gasteiger partial charge in [0, 0.05) is 19.4 Å². The van der Waals surface area contributed by atoms with Crippen molar-refractivity contribution >= 4 is 19.7 Å². The van der Waals surface area contributed by atoms with Crippen LogP contribution in [0.4, 0.5) is 0 Å². The minimum Gasteiger partial charge on any atom is -0.463 e. The quantitative estimate of drug-likeness (QED) is 0.0261. The number of hydrogen-bond acceptors (Lipinski definition) is 7. The van der Waals surface area contributed by atoms with E-state index in [1.807, 2.05) is 0 Å². The maximum Gasteiger partial charge on any atom is 0.472 e. The Kier molecular flexibility index (Phi) is 33.9. The van der Waals surface area contributed by atoms with Crippen LogP contribution in [0.15, 0.2) is 60.8 Å². The molecule has 0 aliphatic carbocycles. The van der Waals surface area contributed by atoms with Crippen molar-refractivity contribution in [3.8, 4) is 0 Å². The first kappa shape index (κ1) is 46.7. The topological polar surface area (TPSA) is 131 Å². The minimum atomic E-state index is -4.42. The Labute approximate surface area is 298 Å². The number of amides is 1. The molecule has 0 saturated carbocycles. The molecule has 0 heterocycles. The fourth-order valence-corrected chi connectivity index (χ4v) is 5.36. The van der Waals surface area contributed by atoms with Crippen molar-refractivity contribution in [3.05, 3.63) is 60.8 Å². The number of carbonyl (C=O) groups excluding carboxylic acids is 2. The van der Waals surface area contributed by atoms with E-state index in [2.05, 4.69) is 79.9 Å². The molecule has 9 nitrogen and oxygen atoms in total. The number of hydrogen-bond donors (Lipinski definition) is 3. The van der Waals surface area contributed by atoms with Gasteiger partial charge in [0.1, 0.15) is 12.7 Å². The molecular weight excluding hydrogens is 641 g/mol. The number of unbranched alkanes of at least 4 members (excludes halogenated alkanes) is 11. The van der Waals surface area contributed by atoms with Crippen LogP contribution in [0.25, 0.3) is 0 Å². The van der Waals surface area contributed by atoms with E-state index < -0.39 is 26.5 Å². The molecule has 0 rings (SSSR count). The van der Waals surface area contributed by atoms with Crippen molar-refractivity contribution in [1.29, 1.82) is 0 Å². The lowest BCUT2D eigenvalue weighted by Crippen LogP contribution is -2.27. The van der Waals surface area contributed by atoms with Crippen LogP contribution in [-0.2, 0) is 27.9 Å². The zero-order valence-corrected chi connectivity index (χ0v) is 31.5. The van der Waals surface area contributed by atoms with E-state index in [0.717, 1.165) is 103 Å². The van der Waals surface area contributed by atoms with Gasteiger partial charge in [-0.1, -0.05) is 120 Å². The predicted octanol–water partition coefficient (Wildman–Crippen LogP) is 9.76. The summed E-state index contributed by atoms with van der Waals surface area (Å²) in [6.45, 7) is 3.31. The van der Waals surface area contributed by atoms with Gasteiger partial charge >= 0.3 is 13.8 Å². The summed E-state index contributed by atoms with van der Waals surface area (Å²) in [5.74, 6) is -0.555. The lowest BCUT2D eigenvalue weighted by atomic mass is 10.1. The molecule has 0 bridgehead atoms. The summed E-state index contributed by atoms with van der Waals surface area (Å²) in [4.78, 5) is 33.7. The third-order valence-corrected chi connectivity index (χ3v) is 8.40. The largest absolute Gasteiger partial charge is 0.472 e. The Morgan fingerprint density at radius 2 is 1.16 bits per heavy atom. The number of allylic oxidation sites excluding steroid dienone is 10. The first-order valence-electron chi connectivity index (χ1n) is 18.8. The van der Waals surface area contributed by atoms with Gasteiger partial charge in [-0.2, -0.15) is 0 Å². The molecule has 282 valence electrons. The van der Waals surface area contributed by atoms with Crippen LogP contribution >= 0.6 is 7.82 Å². The summed E-state index contributed by atoms with van der Waals surface area (Å²) in [5.41, 5.74) is 0. The van der Waals surface area contributed by atoms with Crippen LogP contribution in [-0.4, -0.2) is 54.3 Å². The molecule has 0 radical (unpaired) electrons. The highest BCUT2D eigenvalue weighted by molar-refractivity contribution is 7.47. The van der Waals surface area contributed by atoms with Gasteiger partial charge in [0.25, 0.3) is 0 Å². The summed E-state index contributed by atoms with van der Waals surface area (Å²) in [6, 6.07) is 0. The lowest BCUT2D eigenvalue weighted by Gasteiger charge is -2.15. The van der Waals surface area contributed by atoms with Crippen molar-refractivity contribution < 1.29 is 37.9 Å². The molecule has 1 amide bonds. The molecule has 3 N–H and O–H groups in total. The molecule has 0 aliphatic heterocycles. The highest BCUT2D eigenvalue weighted by atomic mass is 31.2. The van der Waals surface area contributed by atoms with Crippen molar-refractivity contribution in [1.82, 2.24) is 5.32 Å². The summed E-state index contributed by atoms with van der Waals surface area (Å²) in [5, 5.41) is 12.6. The van der Waals surface area contributed by atoms with E-state index in [0.29, 0.717) is 12.8 Å². The molecule has 0 saturated heterocycles. The second-order valence-corrected chi connectivity index (χ2v) is 13.6. The molecule has 10 heteroatoms. The lowest BCUT2D eigenvalue weighted by molar-refractivity contribution is -0.147. The fraction of sp³-hybridized carbons (Fsp3) is 0.692. The normalized spacial score (nSPS) is 14.1. The first-order valence-corrected chi connectivity index (χ1v) is 20.3. The van der Waals surface area contributed by atoms with Crippen molar-refractivity contribution in [2.75, 3.05) is 26.4 Å². The molecule has 0 spiro atoms. The minimum absolute atomic E-state index is 0.0674. The van der Waals surface area contributed by atoms with E-state index >= 15 is 0 Å². The highest BCUT2D eigenvalue weighted by Crippen LogP contribution is 2.42. The summed E-state index contributed by atoms with van der Waals surface area (Å²) in [6.07, 6.45) is 40.0. The Morgan fingerprint density at radius 3 is 1.76 bits per heavy atom. The fourth-order valence-electron chi connectivity index (χ4n) is 4.61. The standard InChI is InChI=1S/C39H68NO8P/c1-3-5-7-9-11-13-15-17-18-20-21-23-25-27-29-31-38(42)40-33-34-47-49(44,45)48-36-37(41)35-46-39(43)32-30-28-26-24-22-19-16-14-12-10-8-6-4-2/h5,7-8,10-11,13-14,16-18,37,41H,3-4,6,9,12,15,19-36H2,1-2H3,(H,40,42)(H,44,45)/b7-5-,10-8-,13-11-,16-14-,18-17-. The van der Waals surface area contributed by atoms with Crippen molar-refractivity contribution in [2.24, 2.45) is 0 Å². The number of ether oxygens (including phenoxy) is 1. The summed E-state index contributed by atoms with van der Waals surface area (Å²) in [7, 11) is -4.42. The molecule has 2 unspecified atom stereocenters. The van der Waals surface area contributed by atoms with E-state index in [1.54, 1.807) is 0 Å². The van der Waals surface area contributed by atoms with Gasteiger partial charge in [0.05, 0.1) is 13.2 Å². The maximum absolute atomic E-state index is 12.0. The molecule has 2 atom stereocenters. The summed E-state index contributed by atoms with van der Waals surface area (Å²) >= 11 is 0. The Hall–Kier alpha value is -2.29. The van der Waals surface area contributed by atoms with Gasteiger partial charge in [0.15, 0.2) is 0 Å². The number of phosphoric acid groups is 1. The van der Waals surface area contributed by atoms with Crippen LogP contribution in [0.2, 0.25) is 0 Å². The molecule has 0 aromatic carbocycles. The second-order valence-electron chi connectivity index (χ2n) is 12.2. The number of aliphatic hydroxyl groups excluding tert-OH is 1. The van der Waals surface area contributed by atoms with E-state index in [9.17, 15) is 24.2 Å². The smallest absolute Gasteiger partial charge is 0.463 e. The van der Waals surface area contributed by atoms with Gasteiger partial charge in [-0.05, 0) is 70.6 Å². The third kappa shape index (κ3) is 36.8. The average molecular weight is 710 g/mol. The average Bonchev–Trinajstić information content (AvgIpc) is 3.08. The molecule has 0 fully saturated rings. The number of esters is 1. The Balaban J connectivity index is 3.68. The molecule has 0 aromatic heterocycles. The predicted molar refractivity (Wildman–Crippen MR) is 201 cm³/mol. The molecule has 0 aliphatic rings. The maximum atomic E-state index is 12.0. The van der Waals surface area contributed by atoms with E-state index in [4.69, 9.17) is 13.8 Å². The number of carbonyl (C=O) groups is 2. The Morgan fingerprint density at radius 1 is 0.653 bits per heavy atom. The van der Waals surface area contributed by atoms with Crippen molar-refractivity contribution in [2.45, 2.75) is 148 Å².